The number of hydrogen-bond acceptors (Lipinski definition) is 3. The Balaban J connectivity index is 1.80. The largest absolute Gasteiger partial charge is 0.457 e. The Kier molecular flexibility index (Phi) is 3.93. The van der Waals surface area contributed by atoms with E-state index in [-0.39, 0.29) is 17.7 Å². The number of aryl methyl sites for hydroxylation is 1. The van der Waals surface area contributed by atoms with Crippen molar-refractivity contribution in [3.05, 3.63) is 81.4 Å². The van der Waals surface area contributed by atoms with Gasteiger partial charge >= 0.3 is 5.97 Å². The summed E-state index contributed by atoms with van der Waals surface area (Å²) in [5.41, 5.74) is 1.31. The zero-order valence-electron chi connectivity index (χ0n) is 12.4. The Morgan fingerprint density at radius 2 is 1.96 bits per heavy atom. The Labute approximate surface area is 131 Å². The van der Waals surface area contributed by atoms with Gasteiger partial charge in [-0.15, -0.1) is 0 Å². The second-order valence-corrected chi connectivity index (χ2v) is 5.25. The average molecular weight is 311 g/mol. The minimum atomic E-state index is -0.670. The van der Waals surface area contributed by atoms with Crippen LogP contribution in [0.4, 0.5) is 4.39 Å². The fourth-order valence-corrected chi connectivity index (χ4v) is 2.25. The summed E-state index contributed by atoms with van der Waals surface area (Å²) >= 11 is 0. The van der Waals surface area contributed by atoms with Crippen molar-refractivity contribution in [3.8, 4) is 0 Å². The van der Waals surface area contributed by atoms with Crippen LogP contribution in [0, 0.1) is 12.7 Å². The zero-order valence-corrected chi connectivity index (χ0v) is 12.4. The maximum atomic E-state index is 13.5. The molecule has 1 aromatic heterocycles. The Morgan fingerprint density at radius 1 is 1.17 bits per heavy atom. The Morgan fingerprint density at radius 3 is 2.74 bits per heavy atom. The van der Waals surface area contributed by atoms with Gasteiger partial charge in [-0.2, -0.15) is 0 Å². The van der Waals surface area contributed by atoms with Crippen molar-refractivity contribution in [2.75, 3.05) is 0 Å². The summed E-state index contributed by atoms with van der Waals surface area (Å²) in [7, 11) is 0. The number of ether oxygens (including phenoxy) is 1. The zero-order chi connectivity index (χ0) is 16.4. The van der Waals surface area contributed by atoms with E-state index in [2.05, 4.69) is 4.98 Å². The van der Waals surface area contributed by atoms with Gasteiger partial charge in [0.2, 0.25) is 0 Å². The summed E-state index contributed by atoms with van der Waals surface area (Å²) in [5.74, 6) is -1.14. The van der Waals surface area contributed by atoms with Crippen molar-refractivity contribution in [1.82, 2.24) is 4.98 Å². The molecule has 0 amide bonds. The van der Waals surface area contributed by atoms with Gasteiger partial charge in [-0.25, -0.2) is 9.18 Å². The van der Waals surface area contributed by atoms with Gasteiger partial charge in [-0.1, -0.05) is 24.3 Å². The van der Waals surface area contributed by atoms with Gasteiger partial charge in [0.25, 0.3) is 5.56 Å². The molecule has 0 atom stereocenters. The molecule has 23 heavy (non-hydrogen) atoms. The van der Waals surface area contributed by atoms with Gasteiger partial charge in [0.1, 0.15) is 12.4 Å². The first-order valence-electron chi connectivity index (χ1n) is 7.09. The van der Waals surface area contributed by atoms with Gasteiger partial charge in [0.05, 0.1) is 11.1 Å². The first-order chi connectivity index (χ1) is 11.0. The second kappa shape index (κ2) is 6.04. The normalized spacial score (nSPS) is 10.7. The number of nitrogens with one attached hydrogen (secondary N) is 1. The van der Waals surface area contributed by atoms with Gasteiger partial charge < -0.3 is 9.72 Å². The summed E-state index contributed by atoms with van der Waals surface area (Å²) in [6.45, 7) is 1.44. The predicted molar refractivity (Wildman–Crippen MR) is 84.8 cm³/mol. The number of halogens is 1. The van der Waals surface area contributed by atoms with E-state index in [1.807, 2.05) is 18.2 Å². The average Bonchev–Trinajstić information content (AvgIpc) is 2.55. The number of benzene rings is 2. The highest BCUT2D eigenvalue weighted by molar-refractivity contribution is 5.89. The molecule has 0 bridgehead atoms. The van der Waals surface area contributed by atoms with Crippen molar-refractivity contribution in [1.29, 1.82) is 0 Å². The smallest absolute Gasteiger partial charge is 0.338 e. The van der Waals surface area contributed by atoms with Crippen LogP contribution in [0.3, 0.4) is 0 Å². The van der Waals surface area contributed by atoms with Crippen LogP contribution >= 0.6 is 0 Å². The van der Waals surface area contributed by atoms with Crippen molar-refractivity contribution in [2.45, 2.75) is 13.5 Å². The number of hydrogen-bond donors (Lipinski definition) is 1. The number of pyridine rings is 1. The van der Waals surface area contributed by atoms with Crippen molar-refractivity contribution in [2.24, 2.45) is 0 Å². The molecular formula is C18H14FNO3. The van der Waals surface area contributed by atoms with Crippen LogP contribution in [0.2, 0.25) is 0 Å². The van der Waals surface area contributed by atoms with Crippen molar-refractivity contribution in [3.63, 3.8) is 0 Å². The summed E-state index contributed by atoms with van der Waals surface area (Å²) in [5, 5.41) is 0.847. The molecule has 0 aliphatic carbocycles. The van der Waals surface area contributed by atoms with Crippen LogP contribution in [0.1, 0.15) is 21.5 Å². The van der Waals surface area contributed by atoms with E-state index >= 15 is 0 Å². The standard InChI is InChI=1S/C18H14FNO3/c1-11-6-7-13(9-15(11)19)18(22)23-10-14-8-12-4-2-3-5-16(12)20-17(14)21/h2-9H,10H2,1H3,(H,20,21). The lowest BCUT2D eigenvalue weighted by molar-refractivity contribution is 0.0471. The van der Waals surface area contributed by atoms with E-state index in [0.717, 1.165) is 11.5 Å². The molecule has 3 aromatic rings. The highest BCUT2D eigenvalue weighted by Gasteiger charge is 2.11. The van der Waals surface area contributed by atoms with Crippen LogP contribution in [0.5, 0.6) is 0 Å². The number of esters is 1. The molecule has 3 rings (SSSR count). The molecule has 0 fully saturated rings. The molecule has 116 valence electrons. The lowest BCUT2D eigenvalue weighted by Gasteiger charge is -2.06. The summed E-state index contributed by atoms with van der Waals surface area (Å²) < 4.78 is 18.6. The Bertz CT molecular complexity index is 946. The maximum absolute atomic E-state index is 13.5. The van der Waals surface area contributed by atoms with Crippen LogP contribution in [0.25, 0.3) is 10.9 Å². The van der Waals surface area contributed by atoms with E-state index < -0.39 is 11.8 Å². The third-order valence-electron chi connectivity index (χ3n) is 3.60. The number of aromatic amines is 1. The molecule has 0 unspecified atom stereocenters. The minimum absolute atomic E-state index is 0.116. The fraction of sp³-hybridized carbons (Fsp3) is 0.111. The monoisotopic (exact) mass is 311 g/mol. The topological polar surface area (TPSA) is 59.2 Å². The SMILES string of the molecule is Cc1ccc(C(=O)OCc2cc3ccccc3[nH]c2=O)cc1F. The van der Waals surface area contributed by atoms with Gasteiger partial charge in [-0.3, -0.25) is 4.79 Å². The highest BCUT2D eigenvalue weighted by Crippen LogP contribution is 2.13. The lowest BCUT2D eigenvalue weighted by Crippen LogP contribution is -2.15. The van der Waals surface area contributed by atoms with Crippen molar-refractivity contribution < 1.29 is 13.9 Å². The number of fused-ring (bicyclic) bond motifs is 1. The van der Waals surface area contributed by atoms with Crippen LogP contribution in [-0.2, 0) is 11.3 Å². The van der Waals surface area contributed by atoms with Gasteiger partial charge in [0, 0.05) is 5.52 Å². The Hall–Kier alpha value is -2.95. The molecule has 0 radical (unpaired) electrons. The number of carbonyl (C=O) groups is 1. The number of para-hydroxylation sites is 1. The summed E-state index contributed by atoms with van der Waals surface area (Å²) in [6.07, 6.45) is 0. The van der Waals surface area contributed by atoms with E-state index in [0.29, 0.717) is 16.6 Å². The summed E-state index contributed by atoms with van der Waals surface area (Å²) in [4.78, 5) is 26.7. The third kappa shape index (κ3) is 3.13. The molecule has 0 aliphatic heterocycles. The highest BCUT2D eigenvalue weighted by atomic mass is 19.1. The van der Waals surface area contributed by atoms with Crippen LogP contribution < -0.4 is 5.56 Å². The van der Waals surface area contributed by atoms with Gasteiger partial charge in [0.15, 0.2) is 0 Å². The molecule has 1 N–H and O–H groups in total. The fourth-order valence-electron chi connectivity index (χ4n) is 2.25. The first kappa shape index (κ1) is 15.0. The van der Waals surface area contributed by atoms with E-state index in [9.17, 15) is 14.0 Å². The first-order valence-corrected chi connectivity index (χ1v) is 7.09. The third-order valence-corrected chi connectivity index (χ3v) is 3.60. The minimum Gasteiger partial charge on any atom is -0.457 e. The quantitative estimate of drug-likeness (QED) is 0.755. The number of carbonyl (C=O) groups excluding carboxylic acids is 1. The van der Waals surface area contributed by atoms with Gasteiger partial charge in [-0.05, 0) is 42.1 Å². The van der Waals surface area contributed by atoms with Crippen LogP contribution in [-0.4, -0.2) is 11.0 Å². The van der Waals surface area contributed by atoms with E-state index in [4.69, 9.17) is 4.74 Å². The molecule has 0 saturated carbocycles. The number of aromatic nitrogens is 1. The number of rotatable bonds is 3. The molecule has 0 spiro atoms. The molecule has 5 heteroatoms. The van der Waals surface area contributed by atoms with E-state index in [1.165, 1.54) is 12.1 Å². The lowest BCUT2D eigenvalue weighted by atomic mass is 10.1. The van der Waals surface area contributed by atoms with Crippen molar-refractivity contribution >= 4 is 16.9 Å². The number of H-pyrrole nitrogens is 1. The molecule has 1 heterocycles. The van der Waals surface area contributed by atoms with E-state index in [1.54, 1.807) is 19.1 Å². The molecule has 4 nitrogen and oxygen atoms in total. The second-order valence-electron chi connectivity index (χ2n) is 5.25. The van der Waals surface area contributed by atoms with Crippen LogP contribution in [0.15, 0.2) is 53.3 Å². The predicted octanol–water partition coefficient (Wildman–Crippen LogP) is 3.33. The molecule has 2 aromatic carbocycles. The maximum Gasteiger partial charge on any atom is 0.338 e. The summed E-state index contributed by atoms with van der Waals surface area (Å²) in [6, 6.07) is 13.1. The molecule has 0 aliphatic rings. The molecule has 0 saturated heterocycles. The molecular weight excluding hydrogens is 297 g/mol.